The number of carbonyl (C=O) groups excluding carboxylic acids is 2. The number of rotatable bonds is 12. The third-order valence-electron chi connectivity index (χ3n) is 1.52. The van der Waals surface area contributed by atoms with E-state index >= 15 is 0 Å². The first-order valence-corrected chi connectivity index (χ1v) is 5.17. The maximum atomic E-state index is 10.5. The molecule has 1 amide bonds. The van der Waals surface area contributed by atoms with Gasteiger partial charge in [0.25, 0.3) is 0 Å². The van der Waals surface area contributed by atoms with Crippen molar-refractivity contribution in [1.29, 1.82) is 0 Å². The summed E-state index contributed by atoms with van der Waals surface area (Å²) in [5.74, 6) is 0.00557. The van der Waals surface area contributed by atoms with E-state index in [0.29, 0.717) is 46.0 Å². The molecule has 0 aliphatic carbocycles. The van der Waals surface area contributed by atoms with Crippen LogP contribution in [0.5, 0.6) is 0 Å². The van der Waals surface area contributed by atoms with Crippen molar-refractivity contribution in [3.63, 3.8) is 0 Å². The second-order valence-electron chi connectivity index (χ2n) is 3.05. The Morgan fingerprint density at radius 3 is 2.19 bits per heavy atom. The summed E-state index contributed by atoms with van der Waals surface area (Å²) in [6.45, 7) is 4.40. The molecule has 0 unspecified atom stereocenters. The van der Waals surface area contributed by atoms with Gasteiger partial charge in [-0.15, -0.1) is 0 Å². The van der Waals surface area contributed by atoms with E-state index in [2.05, 4.69) is 5.32 Å². The predicted octanol–water partition coefficient (Wildman–Crippen LogP) is -0.629. The molecule has 0 spiro atoms. The highest BCUT2D eigenvalue weighted by molar-refractivity contribution is 5.76. The number of hydrogen-bond acceptors (Lipinski definition) is 5. The second-order valence-corrected chi connectivity index (χ2v) is 3.05. The average molecular weight is 233 g/mol. The van der Waals surface area contributed by atoms with Crippen LogP contribution in [-0.2, 0) is 23.8 Å². The quantitative estimate of drug-likeness (QED) is 0.359. The van der Waals surface area contributed by atoms with Gasteiger partial charge in [0.15, 0.2) is 5.78 Å². The van der Waals surface area contributed by atoms with Crippen LogP contribution in [0.3, 0.4) is 0 Å². The van der Waals surface area contributed by atoms with Crippen LogP contribution < -0.4 is 5.32 Å². The first-order chi connectivity index (χ1) is 7.77. The molecule has 6 heteroatoms. The Morgan fingerprint density at radius 1 is 1.06 bits per heavy atom. The minimum atomic E-state index is 0.00557. The molecule has 16 heavy (non-hydrogen) atoms. The van der Waals surface area contributed by atoms with Crippen molar-refractivity contribution in [2.75, 3.05) is 46.2 Å². The smallest absolute Gasteiger partial charge is 0.207 e. The molecule has 0 saturated carbocycles. The van der Waals surface area contributed by atoms with E-state index in [-0.39, 0.29) is 12.4 Å². The number of nitrogens with one attached hydrogen (secondary N) is 1. The Kier molecular flexibility index (Phi) is 11.4. The van der Waals surface area contributed by atoms with Crippen molar-refractivity contribution in [2.45, 2.75) is 6.92 Å². The fraction of sp³-hybridized carbons (Fsp3) is 0.800. The second kappa shape index (κ2) is 12.1. The number of carbonyl (C=O) groups is 2. The van der Waals surface area contributed by atoms with E-state index in [1.165, 1.54) is 6.92 Å². The molecule has 1 N–H and O–H groups in total. The van der Waals surface area contributed by atoms with Crippen LogP contribution in [-0.4, -0.2) is 58.4 Å². The van der Waals surface area contributed by atoms with E-state index < -0.39 is 0 Å². The van der Waals surface area contributed by atoms with Gasteiger partial charge < -0.3 is 19.5 Å². The van der Waals surface area contributed by atoms with Crippen LogP contribution in [0.1, 0.15) is 6.92 Å². The topological polar surface area (TPSA) is 73.9 Å². The Bertz CT molecular complexity index is 186. The van der Waals surface area contributed by atoms with Crippen molar-refractivity contribution >= 4 is 12.2 Å². The molecule has 0 aromatic heterocycles. The molecule has 0 atom stereocenters. The lowest BCUT2D eigenvalue weighted by Gasteiger charge is -2.05. The number of ether oxygens (including phenoxy) is 3. The molecule has 0 aromatic carbocycles. The van der Waals surface area contributed by atoms with Crippen molar-refractivity contribution in [3.8, 4) is 0 Å². The van der Waals surface area contributed by atoms with Gasteiger partial charge in [0, 0.05) is 6.54 Å². The summed E-state index contributed by atoms with van der Waals surface area (Å²) < 4.78 is 15.3. The van der Waals surface area contributed by atoms with Gasteiger partial charge in [0.05, 0.1) is 33.0 Å². The third kappa shape index (κ3) is 13.0. The summed E-state index contributed by atoms with van der Waals surface area (Å²) >= 11 is 0. The Balaban J connectivity index is 2.93. The van der Waals surface area contributed by atoms with Crippen molar-refractivity contribution in [2.24, 2.45) is 0 Å². The summed E-state index contributed by atoms with van der Waals surface area (Å²) in [4.78, 5) is 20.3. The summed E-state index contributed by atoms with van der Waals surface area (Å²) in [6.07, 6.45) is 0.631. The standard InChI is InChI=1S/C10H19NO5/c1-10(13)8-16-7-6-15-5-4-14-3-2-11-9-12/h9H,2-8H2,1H3,(H,11,12). The van der Waals surface area contributed by atoms with Gasteiger partial charge in [-0.05, 0) is 6.92 Å². The van der Waals surface area contributed by atoms with Crippen LogP contribution >= 0.6 is 0 Å². The number of hydrogen-bond donors (Lipinski definition) is 1. The van der Waals surface area contributed by atoms with Gasteiger partial charge in [0.2, 0.25) is 6.41 Å². The van der Waals surface area contributed by atoms with Crippen LogP contribution in [0.25, 0.3) is 0 Å². The molecule has 0 heterocycles. The molecule has 0 fully saturated rings. The van der Waals surface area contributed by atoms with Gasteiger partial charge >= 0.3 is 0 Å². The molecule has 94 valence electrons. The first kappa shape index (κ1) is 15.0. The van der Waals surface area contributed by atoms with E-state index in [4.69, 9.17) is 14.2 Å². The van der Waals surface area contributed by atoms with E-state index in [9.17, 15) is 9.59 Å². The van der Waals surface area contributed by atoms with Crippen LogP contribution in [0.4, 0.5) is 0 Å². The minimum absolute atomic E-state index is 0.00557. The molecule has 0 bridgehead atoms. The average Bonchev–Trinajstić information content (AvgIpc) is 2.25. The van der Waals surface area contributed by atoms with E-state index in [0.717, 1.165) is 0 Å². The summed E-state index contributed by atoms with van der Waals surface area (Å²) in [5.41, 5.74) is 0. The van der Waals surface area contributed by atoms with Crippen molar-refractivity contribution in [3.05, 3.63) is 0 Å². The molecule has 0 radical (unpaired) electrons. The van der Waals surface area contributed by atoms with Crippen LogP contribution in [0.2, 0.25) is 0 Å². The normalized spacial score (nSPS) is 10.1. The molecular formula is C10H19NO5. The lowest BCUT2D eigenvalue weighted by atomic mass is 10.5. The Morgan fingerprint density at radius 2 is 1.62 bits per heavy atom. The lowest BCUT2D eigenvalue weighted by Crippen LogP contribution is -2.19. The molecule has 6 nitrogen and oxygen atoms in total. The van der Waals surface area contributed by atoms with Gasteiger partial charge in [-0.3, -0.25) is 9.59 Å². The maximum absolute atomic E-state index is 10.5. The molecule has 0 aliphatic rings. The highest BCUT2D eigenvalue weighted by atomic mass is 16.5. The first-order valence-electron chi connectivity index (χ1n) is 5.17. The zero-order valence-electron chi connectivity index (χ0n) is 9.57. The number of amides is 1. The van der Waals surface area contributed by atoms with Gasteiger partial charge in [-0.2, -0.15) is 0 Å². The summed E-state index contributed by atoms with van der Waals surface area (Å²) in [7, 11) is 0. The highest BCUT2D eigenvalue weighted by Gasteiger charge is 1.93. The summed E-state index contributed by atoms with van der Waals surface area (Å²) in [6, 6.07) is 0. The third-order valence-corrected chi connectivity index (χ3v) is 1.52. The Hall–Kier alpha value is -0.980. The van der Waals surface area contributed by atoms with E-state index in [1.807, 2.05) is 0 Å². The maximum Gasteiger partial charge on any atom is 0.207 e. The monoisotopic (exact) mass is 233 g/mol. The van der Waals surface area contributed by atoms with E-state index in [1.54, 1.807) is 0 Å². The zero-order valence-corrected chi connectivity index (χ0v) is 9.57. The molecule has 0 aliphatic heterocycles. The summed E-state index contributed by atoms with van der Waals surface area (Å²) in [5, 5.41) is 2.48. The molecule has 0 saturated heterocycles. The predicted molar refractivity (Wildman–Crippen MR) is 57.2 cm³/mol. The highest BCUT2D eigenvalue weighted by Crippen LogP contribution is 1.81. The number of Topliss-reactive ketones (excluding diaryl/α,β-unsaturated/α-hetero) is 1. The molecule has 0 rings (SSSR count). The van der Waals surface area contributed by atoms with Crippen LogP contribution in [0, 0.1) is 0 Å². The van der Waals surface area contributed by atoms with Gasteiger partial charge in [-0.1, -0.05) is 0 Å². The van der Waals surface area contributed by atoms with Crippen molar-refractivity contribution < 1.29 is 23.8 Å². The largest absolute Gasteiger partial charge is 0.377 e. The SMILES string of the molecule is CC(=O)COCCOCCOCCNC=O. The lowest BCUT2D eigenvalue weighted by molar-refractivity contribution is -0.122. The van der Waals surface area contributed by atoms with Gasteiger partial charge in [-0.25, -0.2) is 0 Å². The molecule has 0 aromatic rings. The van der Waals surface area contributed by atoms with Gasteiger partial charge in [0.1, 0.15) is 6.61 Å². The fourth-order valence-electron chi connectivity index (χ4n) is 0.846. The fourth-order valence-corrected chi connectivity index (χ4v) is 0.846. The zero-order chi connectivity index (χ0) is 12.1. The Labute approximate surface area is 95.2 Å². The molecular weight excluding hydrogens is 214 g/mol. The minimum Gasteiger partial charge on any atom is -0.377 e. The van der Waals surface area contributed by atoms with Crippen molar-refractivity contribution in [1.82, 2.24) is 5.32 Å². The number of ketones is 1. The van der Waals surface area contributed by atoms with Crippen LogP contribution in [0.15, 0.2) is 0 Å².